The predicted molar refractivity (Wildman–Crippen MR) is 101 cm³/mol. The third kappa shape index (κ3) is 2.30. The molecule has 1 unspecified atom stereocenters. The third-order valence-electron chi connectivity index (χ3n) is 5.48. The van der Waals surface area contributed by atoms with Crippen LogP contribution < -0.4 is 9.96 Å². The van der Waals surface area contributed by atoms with Crippen molar-refractivity contribution >= 4 is 33.0 Å². The monoisotopic (exact) mass is 415 g/mol. The van der Waals surface area contributed by atoms with Gasteiger partial charge in [0.2, 0.25) is 5.69 Å². The first kappa shape index (κ1) is 17.4. The van der Waals surface area contributed by atoms with Crippen LogP contribution in [0.1, 0.15) is 40.9 Å². The Morgan fingerprint density at radius 1 is 1.23 bits per heavy atom. The number of Topliss-reactive ketones (excluding diaryl/α,β-unsaturated/α-hetero) is 1. The number of ketones is 1. The summed E-state index contributed by atoms with van der Waals surface area (Å²) in [5.74, 6) is 0.167. The van der Waals surface area contributed by atoms with Crippen LogP contribution in [0.4, 0.5) is 5.69 Å². The molecule has 0 radical (unpaired) electrons. The molecule has 5 nitrogen and oxygen atoms in total. The Balaban J connectivity index is 1.97. The van der Waals surface area contributed by atoms with Crippen molar-refractivity contribution in [3.8, 4) is 5.75 Å². The fourth-order valence-corrected chi connectivity index (χ4v) is 4.51. The topological polar surface area (TPSA) is 74.0 Å². The maximum Gasteiger partial charge on any atom is 0.206 e. The van der Waals surface area contributed by atoms with Gasteiger partial charge in [0, 0.05) is 27.1 Å². The molecule has 0 saturated carbocycles. The highest BCUT2D eigenvalue weighted by molar-refractivity contribution is 9.10. The molecule has 0 fully saturated rings. The van der Waals surface area contributed by atoms with E-state index in [0.717, 1.165) is 26.7 Å². The number of rotatable bonds is 2. The van der Waals surface area contributed by atoms with E-state index < -0.39 is 10.6 Å². The van der Waals surface area contributed by atoms with Gasteiger partial charge in [-0.2, -0.15) is 5.23 Å². The molecule has 0 heterocycles. The zero-order valence-corrected chi connectivity index (χ0v) is 16.2. The molecule has 0 bridgehead atoms. The second-order valence-corrected chi connectivity index (χ2v) is 8.10. The van der Waals surface area contributed by atoms with Crippen molar-refractivity contribution < 1.29 is 20.0 Å². The summed E-state index contributed by atoms with van der Waals surface area (Å²) in [6, 6.07) is 9.11. The van der Waals surface area contributed by atoms with Crippen molar-refractivity contribution in [2.45, 2.75) is 25.7 Å². The van der Waals surface area contributed by atoms with E-state index in [9.17, 15) is 15.2 Å². The maximum atomic E-state index is 13.3. The predicted octanol–water partition coefficient (Wildman–Crippen LogP) is 3.34. The van der Waals surface area contributed by atoms with Gasteiger partial charge in [-0.1, -0.05) is 35.8 Å². The van der Waals surface area contributed by atoms with Gasteiger partial charge in [0.25, 0.3) is 0 Å². The van der Waals surface area contributed by atoms with Crippen LogP contribution >= 0.6 is 15.9 Å². The molecule has 4 rings (SSSR count). The SMILES string of the molecule is COc1cc2c(cc1[NH+]([O-])O)C(=O)C1=C(Cc3cc(Br)ccc31)C2(C)C. The summed E-state index contributed by atoms with van der Waals surface area (Å²) in [4.78, 5) is 13.3. The van der Waals surface area contributed by atoms with Gasteiger partial charge in [-0.05, 0) is 46.9 Å². The highest BCUT2D eigenvalue weighted by Crippen LogP contribution is 2.51. The van der Waals surface area contributed by atoms with Crippen molar-refractivity contribution in [1.29, 1.82) is 0 Å². The second kappa shape index (κ2) is 5.76. The zero-order chi connectivity index (χ0) is 18.8. The number of halogens is 1. The summed E-state index contributed by atoms with van der Waals surface area (Å²) in [7, 11) is 1.44. The van der Waals surface area contributed by atoms with Crippen LogP contribution in [0.5, 0.6) is 5.75 Å². The van der Waals surface area contributed by atoms with E-state index in [1.807, 2.05) is 18.2 Å². The number of hydrogen-bond acceptors (Lipinski definition) is 4. The van der Waals surface area contributed by atoms with Crippen molar-refractivity contribution in [1.82, 2.24) is 0 Å². The highest BCUT2D eigenvalue weighted by atomic mass is 79.9. The van der Waals surface area contributed by atoms with Crippen LogP contribution in [0.3, 0.4) is 0 Å². The molecule has 2 N–H and O–H groups in total. The number of fused-ring (bicyclic) bond motifs is 3. The number of quaternary nitrogens is 1. The van der Waals surface area contributed by atoms with Crippen LogP contribution in [0.25, 0.3) is 5.57 Å². The first-order chi connectivity index (χ1) is 12.3. The van der Waals surface area contributed by atoms with Gasteiger partial charge in [-0.3, -0.25) is 4.79 Å². The zero-order valence-electron chi connectivity index (χ0n) is 14.6. The Bertz CT molecular complexity index is 992. The quantitative estimate of drug-likeness (QED) is 0.737. The van der Waals surface area contributed by atoms with E-state index in [2.05, 4.69) is 29.8 Å². The minimum absolute atomic E-state index is 0.00785. The highest BCUT2D eigenvalue weighted by Gasteiger charge is 2.43. The molecule has 0 amide bonds. The Hall–Kier alpha value is -1.99. The van der Waals surface area contributed by atoms with Crippen molar-refractivity contribution in [2.75, 3.05) is 7.11 Å². The van der Waals surface area contributed by atoms with Crippen LogP contribution in [0.15, 0.2) is 40.4 Å². The average Bonchev–Trinajstić information content (AvgIpc) is 2.98. The first-order valence-corrected chi connectivity index (χ1v) is 9.08. The molecule has 0 saturated heterocycles. The number of methoxy groups -OCH3 is 1. The molecule has 2 aliphatic rings. The van der Waals surface area contributed by atoms with Gasteiger partial charge in [-0.15, -0.1) is 0 Å². The summed E-state index contributed by atoms with van der Waals surface area (Å²) in [6.45, 7) is 4.16. The smallest absolute Gasteiger partial charge is 0.206 e. The Labute approximate surface area is 159 Å². The molecular formula is C20H18BrNO4. The fourth-order valence-electron chi connectivity index (χ4n) is 4.10. The van der Waals surface area contributed by atoms with Crippen LogP contribution in [0, 0.1) is 5.21 Å². The lowest BCUT2D eigenvalue weighted by molar-refractivity contribution is -0.991. The van der Waals surface area contributed by atoms with Gasteiger partial charge < -0.3 is 9.94 Å². The molecule has 2 aromatic rings. The van der Waals surface area contributed by atoms with Crippen molar-refractivity contribution in [3.05, 3.63) is 67.8 Å². The lowest BCUT2D eigenvalue weighted by Crippen LogP contribution is -2.99. The molecule has 26 heavy (non-hydrogen) atoms. The van der Waals surface area contributed by atoms with Crippen molar-refractivity contribution in [2.24, 2.45) is 0 Å². The Morgan fingerprint density at radius 3 is 2.62 bits per heavy atom. The van der Waals surface area contributed by atoms with Gasteiger partial charge >= 0.3 is 0 Å². The summed E-state index contributed by atoms with van der Waals surface area (Å²) in [5, 5.41) is 20.0. The summed E-state index contributed by atoms with van der Waals surface area (Å²) in [5.41, 5.74) is 4.73. The Kier molecular flexibility index (Phi) is 3.86. The van der Waals surface area contributed by atoms with E-state index in [4.69, 9.17) is 4.74 Å². The number of carbonyl (C=O) groups is 1. The molecular weight excluding hydrogens is 398 g/mol. The summed E-state index contributed by atoms with van der Waals surface area (Å²) >= 11 is 3.50. The van der Waals surface area contributed by atoms with Crippen LogP contribution in [-0.4, -0.2) is 18.1 Å². The second-order valence-electron chi connectivity index (χ2n) is 7.19. The van der Waals surface area contributed by atoms with E-state index in [-0.39, 0.29) is 17.2 Å². The average molecular weight is 416 g/mol. The Morgan fingerprint density at radius 2 is 1.96 bits per heavy atom. The lowest BCUT2D eigenvalue weighted by Gasteiger charge is -2.35. The fraction of sp³-hybridized carbons (Fsp3) is 0.250. The molecule has 1 atom stereocenters. The molecule has 2 aliphatic carbocycles. The van der Waals surface area contributed by atoms with Crippen molar-refractivity contribution in [3.63, 3.8) is 0 Å². The molecule has 0 aliphatic heterocycles. The number of nitrogens with one attached hydrogen (secondary N) is 1. The minimum atomic E-state index is -1.11. The molecule has 0 aromatic heterocycles. The third-order valence-corrected chi connectivity index (χ3v) is 5.97. The molecule has 134 valence electrons. The number of allylic oxidation sites excluding steroid dienone is 2. The minimum Gasteiger partial charge on any atom is -0.595 e. The molecule has 0 spiro atoms. The van der Waals surface area contributed by atoms with E-state index in [1.54, 1.807) is 6.07 Å². The first-order valence-electron chi connectivity index (χ1n) is 8.28. The maximum absolute atomic E-state index is 13.3. The van der Waals surface area contributed by atoms with Gasteiger partial charge in [0.15, 0.2) is 11.5 Å². The van der Waals surface area contributed by atoms with E-state index in [1.165, 1.54) is 13.2 Å². The van der Waals surface area contributed by atoms with E-state index in [0.29, 0.717) is 17.6 Å². The molecule has 6 heteroatoms. The molecule has 2 aromatic carbocycles. The largest absolute Gasteiger partial charge is 0.595 e. The number of hydrogen-bond donors (Lipinski definition) is 2. The normalized spacial score (nSPS) is 18.3. The van der Waals surface area contributed by atoms with Gasteiger partial charge in [0.1, 0.15) is 0 Å². The van der Waals surface area contributed by atoms with E-state index >= 15 is 0 Å². The van der Waals surface area contributed by atoms with Gasteiger partial charge in [-0.25, -0.2) is 5.21 Å². The van der Waals surface area contributed by atoms with Crippen LogP contribution in [-0.2, 0) is 11.8 Å². The summed E-state index contributed by atoms with van der Waals surface area (Å²) in [6.07, 6.45) is 0.714. The standard InChI is InChI=1S/C20H18BrNO4/c1-20(2)14-9-17(26-3)16(22(24)25)8-13(14)19(23)18-12-5-4-11(21)6-10(12)7-15(18)20/h4-6,8-9,22,24H,7H2,1-3H3. The van der Waals surface area contributed by atoms with Gasteiger partial charge in [0.05, 0.1) is 7.11 Å². The number of benzene rings is 2. The summed E-state index contributed by atoms with van der Waals surface area (Å²) < 4.78 is 6.26. The number of carbonyl (C=O) groups excluding carboxylic acids is 1. The number of ether oxygens (including phenoxy) is 1. The van der Waals surface area contributed by atoms with Crippen LogP contribution in [0.2, 0.25) is 0 Å². The lowest BCUT2D eigenvalue weighted by atomic mass is 9.68.